The number of hydrogen-bond acceptors (Lipinski definition) is 4. The lowest BCUT2D eigenvalue weighted by atomic mass is 10.4. The molecule has 1 aromatic rings. The SMILES string of the molecule is CC.CCc1ncc(N=N)c(=S)[nH]1.P. The van der Waals surface area contributed by atoms with Gasteiger partial charge in [-0.25, -0.2) is 10.5 Å². The lowest BCUT2D eigenvalue weighted by molar-refractivity contribution is 0.924. The Bertz CT molecular complexity index is 323. The van der Waals surface area contributed by atoms with Gasteiger partial charge in [-0.1, -0.05) is 33.0 Å². The quantitative estimate of drug-likeness (QED) is 0.466. The first-order valence-electron chi connectivity index (χ1n) is 4.23. The Balaban J connectivity index is 0. The second-order valence-electron chi connectivity index (χ2n) is 2.01. The number of H-pyrrole nitrogens is 1. The standard InChI is InChI=1S/C6H8N4S.C2H6.H3P/c1-2-5-8-3-4(10-7)6(11)9-5;1-2;/h3,7H,2H2,1H3,(H,8,9,11);1-2H3;1H3. The second kappa shape index (κ2) is 8.91. The van der Waals surface area contributed by atoms with Crippen LogP contribution >= 0.6 is 22.1 Å². The molecule has 0 aliphatic carbocycles. The van der Waals surface area contributed by atoms with E-state index >= 15 is 0 Å². The number of nitrogens with one attached hydrogen (secondary N) is 2. The van der Waals surface area contributed by atoms with Gasteiger partial charge in [0, 0.05) is 6.42 Å². The van der Waals surface area contributed by atoms with Crippen LogP contribution in [0.4, 0.5) is 5.69 Å². The van der Waals surface area contributed by atoms with Gasteiger partial charge in [-0.3, -0.25) is 0 Å². The predicted molar refractivity (Wildman–Crippen MR) is 66.1 cm³/mol. The third-order valence-electron chi connectivity index (χ3n) is 1.29. The molecule has 0 bridgehead atoms. The van der Waals surface area contributed by atoms with Crippen LogP contribution in [0.25, 0.3) is 0 Å². The van der Waals surface area contributed by atoms with Crippen molar-refractivity contribution in [1.29, 1.82) is 5.53 Å². The molecule has 6 heteroatoms. The highest BCUT2D eigenvalue weighted by atomic mass is 32.1. The van der Waals surface area contributed by atoms with Crippen LogP contribution in [0.15, 0.2) is 11.3 Å². The van der Waals surface area contributed by atoms with Crippen molar-refractivity contribution in [1.82, 2.24) is 9.97 Å². The van der Waals surface area contributed by atoms with Gasteiger partial charge in [-0.05, 0) is 0 Å². The highest BCUT2D eigenvalue weighted by molar-refractivity contribution is 7.71. The van der Waals surface area contributed by atoms with Gasteiger partial charge in [-0.2, -0.15) is 15.0 Å². The van der Waals surface area contributed by atoms with E-state index in [0.29, 0.717) is 10.3 Å². The summed E-state index contributed by atoms with van der Waals surface area (Å²) in [5.41, 5.74) is 7.12. The number of rotatable bonds is 2. The predicted octanol–water partition coefficient (Wildman–Crippen LogP) is 3.45. The molecule has 0 radical (unpaired) electrons. The maximum absolute atomic E-state index is 6.71. The normalized spacial score (nSPS) is 7.93. The highest BCUT2D eigenvalue weighted by Gasteiger charge is 1.94. The van der Waals surface area contributed by atoms with Crippen molar-refractivity contribution in [2.45, 2.75) is 27.2 Å². The summed E-state index contributed by atoms with van der Waals surface area (Å²) in [6.45, 7) is 5.98. The zero-order valence-corrected chi connectivity index (χ0v) is 11.0. The maximum atomic E-state index is 6.71. The minimum Gasteiger partial charge on any atom is -0.333 e. The Morgan fingerprint density at radius 2 is 2.14 bits per heavy atom. The fraction of sp³-hybridized carbons (Fsp3) is 0.500. The van der Waals surface area contributed by atoms with E-state index in [1.54, 1.807) is 0 Å². The summed E-state index contributed by atoms with van der Waals surface area (Å²) in [4.78, 5) is 6.86. The molecule has 4 nitrogen and oxygen atoms in total. The summed E-state index contributed by atoms with van der Waals surface area (Å²) < 4.78 is 0.479. The van der Waals surface area contributed by atoms with E-state index < -0.39 is 0 Å². The number of aromatic nitrogens is 2. The van der Waals surface area contributed by atoms with Crippen molar-refractivity contribution in [3.05, 3.63) is 16.7 Å². The fourth-order valence-electron chi connectivity index (χ4n) is 0.684. The molecule has 0 aliphatic heterocycles. The lowest BCUT2D eigenvalue weighted by Gasteiger charge is -1.95. The van der Waals surface area contributed by atoms with E-state index in [4.69, 9.17) is 17.7 Å². The van der Waals surface area contributed by atoms with Crippen LogP contribution in [0, 0.1) is 10.2 Å². The van der Waals surface area contributed by atoms with Crippen molar-refractivity contribution in [3.63, 3.8) is 0 Å². The monoisotopic (exact) mass is 232 g/mol. The minimum absolute atomic E-state index is 0. The molecule has 0 saturated carbocycles. The molecule has 0 aliphatic rings. The summed E-state index contributed by atoms with van der Waals surface area (Å²) in [6.07, 6.45) is 2.31. The zero-order valence-electron chi connectivity index (χ0n) is 8.79. The summed E-state index contributed by atoms with van der Waals surface area (Å²) >= 11 is 4.90. The Hall–Kier alpha value is -0.670. The smallest absolute Gasteiger partial charge is 0.138 e. The van der Waals surface area contributed by atoms with Crippen LogP contribution in [0.5, 0.6) is 0 Å². The molecule has 1 heterocycles. The molecule has 14 heavy (non-hydrogen) atoms. The molecule has 1 aromatic heterocycles. The van der Waals surface area contributed by atoms with Crippen LogP contribution in [-0.4, -0.2) is 9.97 Å². The largest absolute Gasteiger partial charge is 0.333 e. The first-order chi connectivity index (χ1) is 6.27. The molecule has 80 valence electrons. The van der Waals surface area contributed by atoms with Crippen molar-refractivity contribution in [2.75, 3.05) is 0 Å². The second-order valence-corrected chi connectivity index (χ2v) is 2.42. The number of aryl methyl sites for hydroxylation is 1. The minimum atomic E-state index is 0. The van der Waals surface area contributed by atoms with Crippen LogP contribution in [0.2, 0.25) is 0 Å². The third kappa shape index (κ3) is 4.53. The van der Waals surface area contributed by atoms with Crippen LogP contribution in [-0.2, 0) is 6.42 Å². The molecule has 0 saturated heterocycles. The molecule has 2 N–H and O–H groups in total. The van der Waals surface area contributed by atoms with E-state index in [2.05, 4.69) is 15.1 Å². The Morgan fingerprint density at radius 1 is 1.57 bits per heavy atom. The van der Waals surface area contributed by atoms with Crippen LogP contribution in [0.1, 0.15) is 26.6 Å². The molecule has 0 aromatic carbocycles. The van der Waals surface area contributed by atoms with Crippen molar-refractivity contribution >= 4 is 27.8 Å². The Morgan fingerprint density at radius 3 is 2.50 bits per heavy atom. The van der Waals surface area contributed by atoms with Crippen LogP contribution in [0.3, 0.4) is 0 Å². The van der Waals surface area contributed by atoms with Gasteiger partial charge in [-0.15, -0.1) is 0 Å². The van der Waals surface area contributed by atoms with Gasteiger partial charge >= 0.3 is 0 Å². The van der Waals surface area contributed by atoms with E-state index in [-0.39, 0.29) is 9.90 Å². The summed E-state index contributed by atoms with van der Waals surface area (Å²) in [5.74, 6) is 0.822. The number of hydrogen-bond donors (Lipinski definition) is 2. The van der Waals surface area contributed by atoms with E-state index in [1.165, 1.54) is 6.20 Å². The Labute approximate surface area is 92.7 Å². The number of aromatic amines is 1. The first kappa shape index (κ1) is 15.8. The van der Waals surface area contributed by atoms with Gasteiger partial charge in [0.2, 0.25) is 0 Å². The molecule has 0 amide bonds. The average molecular weight is 232 g/mol. The van der Waals surface area contributed by atoms with E-state index in [0.717, 1.165) is 12.2 Å². The number of nitrogens with zero attached hydrogens (tertiary/aromatic N) is 2. The van der Waals surface area contributed by atoms with Crippen LogP contribution < -0.4 is 0 Å². The summed E-state index contributed by atoms with van der Waals surface area (Å²) in [7, 11) is 0. The van der Waals surface area contributed by atoms with E-state index in [1.807, 2.05) is 20.8 Å². The summed E-state index contributed by atoms with van der Waals surface area (Å²) in [6, 6.07) is 0. The lowest BCUT2D eigenvalue weighted by Crippen LogP contribution is -1.90. The van der Waals surface area contributed by atoms with Crippen molar-refractivity contribution in [3.8, 4) is 0 Å². The molecule has 1 unspecified atom stereocenters. The van der Waals surface area contributed by atoms with Gasteiger partial charge in [0.1, 0.15) is 16.2 Å². The van der Waals surface area contributed by atoms with Crippen molar-refractivity contribution in [2.24, 2.45) is 5.11 Å². The topological polar surface area (TPSA) is 64.9 Å². The summed E-state index contributed by atoms with van der Waals surface area (Å²) in [5, 5.41) is 3.20. The van der Waals surface area contributed by atoms with Crippen molar-refractivity contribution < 1.29 is 0 Å². The van der Waals surface area contributed by atoms with E-state index in [9.17, 15) is 0 Å². The van der Waals surface area contributed by atoms with Gasteiger partial charge < -0.3 is 4.98 Å². The molecule has 0 spiro atoms. The average Bonchev–Trinajstić information content (AvgIpc) is 2.20. The molecule has 0 fully saturated rings. The fourth-order valence-corrected chi connectivity index (χ4v) is 0.901. The molecule has 1 atom stereocenters. The third-order valence-corrected chi connectivity index (χ3v) is 1.60. The maximum Gasteiger partial charge on any atom is 0.138 e. The molecule has 1 rings (SSSR count). The first-order valence-corrected chi connectivity index (χ1v) is 4.64. The zero-order chi connectivity index (χ0) is 10.3. The molecular formula is C8H17N4PS. The Kier molecular flexibility index (Phi) is 10.0. The highest BCUT2D eigenvalue weighted by Crippen LogP contribution is 2.09. The molecular weight excluding hydrogens is 215 g/mol. The van der Waals surface area contributed by atoms with Gasteiger partial charge in [0.05, 0.1) is 6.20 Å². The van der Waals surface area contributed by atoms with Gasteiger partial charge in [0.15, 0.2) is 0 Å². The van der Waals surface area contributed by atoms with Gasteiger partial charge in [0.25, 0.3) is 0 Å².